The fourth-order valence-corrected chi connectivity index (χ4v) is 3.87. The maximum atomic E-state index is 12.0. The van der Waals surface area contributed by atoms with Crippen LogP contribution < -0.4 is 10.1 Å². The number of ether oxygens (including phenoxy) is 2. The van der Waals surface area contributed by atoms with Gasteiger partial charge in [0, 0.05) is 15.4 Å². The molecule has 7 heteroatoms. The van der Waals surface area contributed by atoms with E-state index in [1.807, 2.05) is 50.2 Å². The van der Waals surface area contributed by atoms with Gasteiger partial charge in [0.1, 0.15) is 5.75 Å². The molecule has 0 aliphatic carbocycles. The molecule has 0 aromatic heterocycles. The molecule has 1 N–H and O–H groups in total. The lowest BCUT2D eigenvalue weighted by Crippen LogP contribution is -2.21. The van der Waals surface area contributed by atoms with Crippen molar-refractivity contribution < 1.29 is 19.1 Å². The highest BCUT2D eigenvalue weighted by Gasteiger charge is 2.12. The van der Waals surface area contributed by atoms with E-state index in [1.54, 1.807) is 0 Å². The molecule has 0 unspecified atom stereocenters. The van der Waals surface area contributed by atoms with E-state index < -0.39 is 11.9 Å². The number of carbonyl (C=O) groups excluding carboxylic acids is 2. The molecule has 0 saturated carbocycles. The van der Waals surface area contributed by atoms with Crippen LogP contribution in [0.2, 0.25) is 0 Å². The number of esters is 1. The zero-order valence-corrected chi connectivity index (χ0v) is 18.4. The summed E-state index contributed by atoms with van der Waals surface area (Å²) in [6.07, 6.45) is 0.709. The topological polar surface area (TPSA) is 64.6 Å². The summed E-state index contributed by atoms with van der Waals surface area (Å²) in [6, 6.07) is 11.5. The molecule has 5 nitrogen and oxygen atoms in total. The van der Waals surface area contributed by atoms with Crippen molar-refractivity contribution in [1.29, 1.82) is 0 Å². The number of carbonyl (C=O) groups is 2. The van der Waals surface area contributed by atoms with E-state index in [0.717, 1.165) is 25.8 Å². The van der Waals surface area contributed by atoms with Crippen molar-refractivity contribution in [3.63, 3.8) is 0 Å². The standard InChI is InChI=1S/C20H21Br2NO4/c1-13-5-7-15(8-6-13)26-9-3-4-19(25)27-12-18(24)23-20-16(21)10-14(2)11-17(20)22/h5-8,10-11H,3-4,9,12H2,1-2H3,(H,23,24). The Kier molecular flexibility index (Phi) is 8.31. The van der Waals surface area contributed by atoms with Crippen LogP contribution in [0, 0.1) is 13.8 Å². The van der Waals surface area contributed by atoms with Crippen molar-refractivity contribution in [2.45, 2.75) is 26.7 Å². The van der Waals surface area contributed by atoms with E-state index in [-0.39, 0.29) is 13.0 Å². The highest BCUT2D eigenvalue weighted by atomic mass is 79.9. The third kappa shape index (κ3) is 7.34. The van der Waals surface area contributed by atoms with Crippen molar-refractivity contribution in [1.82, 2.24) is 0 Å². The lowest BCUT2D eigenvalue weighted by molar-refractivity contribution is -0.147. The Bertz CT molecular complexity index is 783. The van der Waals surface area contributed by atoms with Crippen LogP contribution in [0.1, 0.15) is 24.0 Å². The van der Waals surface area contributed by atoms with Gasteiger partial charge in [-0.3, -0.25) is 9.59 Å². The van der Waals surface area contributed by atoms with Crippen molar-refractivity contribution in [2.24, 2.45) is 0 Å². The average Bonchev–Trinajstić information content (AvgIpc) is 2.61. The van der Waals surface area contributed by atoms with E-state index in [0.29, 0.717) is 18.7 Å². The van der Waals surface area contributed by atoms with Gasteiger partial charge in [0.05, 0.1) is 12.3 Å². The summed E-state index contributed by atoms with van der Waals surface area (Å²) in [5.74, 6) is -0.0631. The van der Waals surface area contributed by atoms with Crippen LogP contribution in [-0.4, -0.2) is 25.1 Å². The third-order valence-corrected chi connectivity index (χ3v) is 4.88. The summed E-state index contributed by atoms with van der Waals surface area (Å²) in [7, 11) is 0. The monoisotopic (exact) mass is 497 g/mol. The Balaban J connectivity index is 1.67. The first-order valence-electron chi connectivity index (χ1n) is 8.45. The predicted molar refractivity (Wildman–Crippen MR) is 112 cm³/mol. The normalized spacial score (nSPS) is 10.4. The smallest absolute Gasteiger partial charge is 0.306 e. The van der Waals surface area contributed by atoms with Gasteiger partial charge in [-0.2, -0.15) is 0 Å². The first-order chi connectivity index (χ1) is 12.8. The van der Waals surface area contributed by atoms with Crippen LogP contribution in [0.25, 0.3) is 0 Å². The third-order valence-electron chi connectivity index (χ3n) is 3.63. The second-order valence-electron chi connectivity index (χ2n) is 6.08. The molecule has 0 aliphatic heterocycles. The van der Waals surface area contributed by atoms with Gasteiger partial charge in [0.2, 0.25) is 0 Å². The minimum Gasteiger partial charge on any atom is -0.494 e. The molecule has 2 rings (SSSR count). The molecule has 0 atom stereocenters. The Hall–Kier alpha value is -1.86. The zero-order chi connectivity index (χ0) is 19.8. The summed E-state index contributed by atoms with van der Waals surface area (Å²) in [4.78, 5) is 23.8. The zero-order valence-electron chi connectivity index (χ0n) is 15.2. The molecule has 0 saturated heterocycles. The molecule has 1 amide bonds. The quantitative estimate of drug-likeness (QED) is 0.402. The van der Waals surface area contributed by atoms with E-state index in [1.165, 1.54) is 0 Å². The van der Waals surface area contributed by atoms with Gasteiger partial charge in [0.25, 0.3) is 5.91 Å². The highest BCUT2D eigenvalue weighted by molar-refractivity contribution is 9.11. The van der Waals surface area contributed by atoms with Crippen LogP contribution in [0.3, 0.4) is 0 Å². The Morgan fingerprint density at radius 2 is 1.63 bits per heavy atom. The second kappa shape index (κ2) is 10.5. The van der Waals surface area contributed by atoms with Crippen molar-refractivity contribution in [3.8, 4) is 5.75 Å². The van der Waals surface area contributed by atoms with E-state index in [4.69, 9.17) is 9.47 Å². The number of rotatable bonds is 8. The Labute approximate surface area is 175 Å². The fraction of sp³-hybridized carbons (Fsp3) is 0.300. The Morgan fingerprint density at radius 1 is 1.00 bits per heavy atom. The number of hydrogen-bond donors (Lipinski definition) is 1. The predicted octanol–water partition coefficient (Wildman–Crippen LogP) is 5.17. The van der Waals surface area contributed by atoms with E-state index in [2.05, 4.69) is 37.2 Å². The molecular weight excluding hydrogens is 478 g/mol. The van der Waals surface area contributed by atoms with Gasteiger partial charge in [-0.05, 0) is 82.0 Å². The summed E-state index contributed by atoms with van der Waals surface area (Å²) < 4.78 is 12.1. The molecule has 0 fully saturated rings. The van der Waals surface area contributed by atoms with Gasteiger partial charge in [-0.1, -0.05) is 17.7 Å². The number of hydrogen-bond acceptors (Lipinski definition) is 4. The first-order valence-corrected chi connectivity index (χ1v) is 10.0. The molecule has 27 heavy (non-hydrogen) atoms. The largest absolute Gasteiger partial charge is 0.494 e. The SMILES string of the molecule is Cc1ccc(OCCCC(=O)OCC(=O)Nc2c(Br)cc(C)cc2Br)cc1. The fourth-order valence-electron chi connectivity index (χ4n) is 2.25. The van der Waals surface area contributed by atoms with Gasteiger partial charge in [-0.25, -0.2) is 0 Å². The van der Waals surface area contributed by atoms with Crippen molar-refractivity contribution in [2.75, 3.05) is 18.5 Å². The van der Waals surface area contributed by atoms with Gasteiger partial charge >= 0.3 is 5.97 Å². The minimum absolute atomic E-state index is 0.192. The van der Waals surface area contributed by atoms with Crippen LogP contribution >= 0.6 is 31.9 Å². The van der Waals surface area contributed by atoms with Crippen LogP contribution in [0.15, 0.2) is 45.3 Å². The van der Waals surface area contributed by atoms with Gasteiger partial charge < -0.3 is 14.8 Å². The molecule has 0 spiro atoms. The molecule has 0 heterocycles. The van der Waals surface area contributed by atoms with Gasteiger partial charge in [-0.15, -0.1) is 0 Å². The van der Waals surface area contributed by atoms with Crippen molar-refractivity contribution >= 4 is 49.4 Å². The molecule has 144 valence electrons. The summed E-state index contributed by atoms with van der Waals surface area (Å²) in [6.45, 7) is 4.04. The molecule has 0 radical (unpaired) electrons. The van der Waals surface area contributed by atoms with Crippen LogP contribution in [0.4, 0.5) is 5.69 Å². The first kappa shape index (κ1) is 21.4. The van der Waals surface area contributed by atoms with Crippen LogP contribution in [0.5, 0.6) is 5.75 Å². The highest BCUT2D eigenvalue weighted by Crippen LogP contribution is 2.32. The number of benzene rings is 2. The Morgan fingerprint density at radius 3 is 2.26 bits per heavy atom. The van der Waals surface area contributed by atoms with Gasteiger partial charge in [0.15, 0.2) is 6.61 Å². The van der Waals surface area contributed by atoms with Crippen molar-refractivity contribution in [3.05, 3.63) is 56.5 Å². The summed E-state index contributed by atoms with van der Waals surface area (Å²) in [5, 5.41) is 2.72. The lowest BCUT2D eigenvalue weighted by Gasteiger charge is -2.11. The number of amides is 1. The molecule has 2 aromatic carbocycles. The van der Waals surface area contributed by atoms with E-state index in [9.17, 15) is 9.59 Å². The van der Waals surface area contributed by atoms with Crippen LogP contribution in [-0.2, 0) is 14.3 Å². The number of anilines is 1. The average molecular weight is 499 g/mol. The molecule has 0 bridgehead atoms. The maximum absolute atomic E-state index is 12.0. The minimum atomic E-state index is -0.431. The van der Waals surface area contributed by atoms with E-state index >= 15 is 0 Å². The summed E-state index contributed by atoms with van der Waals surface area (Å²) in [5.41, 5.74) is 2.81. The number of nitrogens with one attached hydrogen (secondary N) is 1. The molecular formula is C20H21Br2NO4. The summed E-state index contributed by atoms with van der Waals surface area (Å²) >= 11 is 6.81. The molecule has 2 aromatic rings. The molecule has 0 aliphatic rings. The second-order valence-corrected chi connectivity index (χ2v) is 7.79. The maximum Gasteiger partial charge on any atom is 0.306 e. The number of aryl methyl sites for hydroxylation is 2. The number of halogens is 2. The lowest BCUT2D eigenvalue weighted by atomic mass is 10.2.